The highest BCUT2D eigenvalue weighted by Crippen LogP contribution is 2.40. The van der Waals surface area contributed by atoms with Gasteiger partial charge in [-0.05, 0) is 69.4 Å². The summed E-state index contributed by atoms with van der Waals surface area (Å²) in [5.41, 5.74) is 10.4. The molecule has 4 aromatic rings. The highest BCUT2D eigenvalue weighted by molar-refractivity contribution is 6.17. The number of carbonyl (C=O) groups excluding carboxylic acids is 2. The summed E-state index contributed by atoms with van der Waals surface area (Å²) in [4.78, 5) is 28.1. The predicted molar refractivity (Wildman–Crippen MR) is 137 cm³/mol. The molecule has 2 amide bonds. The van der Waals surface area contributed by atoms with Gasteiger partial charge in [-0.1, -0.05) is 11.2 Å². The number of morpholine rings is 1. The maximum Gasteiger partial charge on any atom is 0.254 e. The Labute approximate surface area is 209 Å². The molecule has 2 fully saturated rings. The second kappa shape index (κ2) is 8.48. The number of aryl methyl sites for hydroxylation is 1. The van der Waals surface area contributed by atoms with Crippen molar-refractivity contribution >= 4 is 33.6 Å². The van der Waals surface area contributed by atoms with Crippen molar-refractivity contribution in [2.75, 3.05) is 13.1 Å². The van der Waals surface area contributed by atoms with Gasteiger partial charge in [-0.25, -0.2) is 0 Å². The van der Waals surface area contributed by atoms with Crippen LogP contribution in [0.5, 0.6) is 0 Å². The van der Waals surface area contributed by atoms with E-state index in [1.165, 1.54) is 0 Å². The normalized spacial score (nSPS) is 20.4. The van der Waals surface area contributed by atoms with Crippen molar-refractivity contribution in [2.24, 2.45) is 11.7 Å². The average Bonchev–Trinajstić information content (AvgIpc) is 3.49. The molecule has 0 radical (unpaired) electrons. The van der Waals surface area contributed by atoms with Crippen molar-refractivity contribution in [1.82, 2.24) is 14.6 Å². The van der Waals surface area contributed by atoms with E-state index in [9.17, 15) is 9.59 Å². The van der Waals surface area contributed by atoms with Gasteiger partial charge in [-0.15, -0.1) is 0 Å². The van der Waals surface area contributed by atoms with Crippen LogP contribution in [0.2, 0.25) is 0 Å². The first-order valence-corrected chi connectivity index (χ1v) is 12.6. The summed E-state index contributed by atoms with van der Waals surface area (Å²) in [6, 6.07) is 9.75. The van der Waals surface area contributed by atoms with Crippen molar-refractivity contribution in [3.05, 3.63) is 53.4 Å². The summed E-state index contributed by atoms with van der Waals surface area (Å²) in [6.45, 7) is 7.76. The minimum atomic E-state index is -0.483. The topological polar surface area (TPSA) is 104 Å². The summed E-state index contributed by atoms with van der Waals surface area (Å²) in [5.74, 6) is 0.750. The summed E-state index contributed by atoms with van der Waals surface area (Å²) in [7, 11) is 0. The van der Waals surface area contributed by atoms with Crippen molar-refractivity contribution in [1.29, 1.82) is 0 Å². The summed E-state index contributed by atoms with van der Waals surface area (Å²) in [6.07, 6.45) is 3.98. The molecule has 2 aliphatic rings. The molecule has 3 heterocycles. The quantitative estimate of drug-likeness (QED) is 0.447. The Morgan fingerprint density at radius 3 is 2.47 bits per heavy atom. The van der Waals surface area contributed by atoms with E-state index in [1.54, 1.807) is 6.20 Å². The van der Waals surface area contributed by atoms with Crippen molar-refractivity contribution < 1.29 is 18.8 Å². The fraction of sp³-hybridized carbons (Fsp3) is 0.393. The Balaban J connectivity index is 1.55. The van der Waals surface area contributed by atoms with E-state index in [0.717, 1.165) is 52.3 Å². The lowest BCUT2D eigenvalue weighted by molar-refractivity contribution is -0.0586. The number of hydrogen-bond acceptors (Lipinski definition) is 5. The highest BCUT2D eigenvalue weighted by Gasteiger charge is 2.29. The number of amides is 2. The molecule has 2 atom stereocenters. The molecule has 1 aliphatic heterocycles. The van der Waals surface area contributed by atoms with Gasteiger partial charge in [0.2, 0.25) is 0 Å². The molecule has 0 bridgehead atoms. The zero-order chi connectivity index (χ0) is 25.1. The zero-order valence-electron chi connectivity index (χ0n) is 20.8. The van der Waals surface area contributed by atoms with Crippen LogP contribution in [-0.2, 0) is 11.3 Å². The average molecular weight is 487 g/mol. The molecule has 1 aliphatic carbocycles. The van der Waals surface area contributed by atoms with Gasteiger partial charge >= 0.3 is 0 Å². The molecule has 2 N–H and O–H groups in total. The molecule has 6 rings (SSSR count). The molecular weight excluding hydrogens is 456 g/mol. The minimum absolute atomic E-state index is 0.000149. The number of carbonyl (C=O) groups is 2. The fourth-order valence-electron chi connectivity index (χ4n) is 5.56. The molecule has 2 aromatic carbocycles. The number of ether oxygens (including phenoxy) is 1. The molecule has 1 unspecified atom stereocenters. The second-order valence-corrected chi connectivity index (χ2v) is 10.3. The van der Waals surface area contributed by atoms with Crippen molar-refractivity contribution in [3.63, 3.8) is 0 Å². The molecule has 186 valence electrons. The molecule has 0 spiro atoms. The third-order valence-electron chi connectivity index (χ3n) is 7.38. The number of nitrogens with zero attached hydrogens (tertiary/aromatic N) is 3. The van der Waals surface area contributed by atoms with Gasteiger partial charge in [0.05, 0.1) is 29.5 Å². The Morgan fingerprint density at radius 2 is 1.83 bits per heavy atom. The van der Waals surface area contributed by atoms with Gasteiger partial charge in [0.1, 0.15) is 5.76 Å². The smallest absolute Gasteiger partial charge is 0.254 e. The van der Waals surface area contributed by atoms with E-state index in [0.29, 0.717) is 35.9 Å². The highest BCUT2D eigenvalue weighted by atomic mass is 16.5. The minimum Gasteiger partial charge on any atom is -0.372 e. The van der Waals surface area contributed by atoms with E-state index < -0.39 is 5.91 Å². The van der Waals surface area contributed by atoms with Gasteiger partial charge in [0, 0.05) is 47.1 Å². The molecule has 8 nitrogen and oxygen atoms in total. The predicted octanol–water partition coefficient (Wildman–Crippen LogP) is 4.52. The SMILES string of the molecule is Cc1oncc1-c1cc(C(N)=O)c2c(c1)c1ccc(C(=O)N3CC(C)O[C@H](C)C3)cc1n2CC1CC1. The van der Waals surface area contributed by atoms with Crippen LogP contribution in [0.15, 0.2) is 41.1 Å². The molecular formula is C28H30N4O4. The van der Waals surface area contributed by atoms with Gasteiger partial charge in [0.15, 0.2) is 0 Å². The number of nitrogens with two attached hydrogens (primary N) is 1. The lowest BCUT2D eigenvalue weighted by Gasteiger charge is -2.35. The Bertz CT molecular complexity index is 1500. The Kier molecular flexibility index (Phi) is 5.37. The van der Waals surface area contributed by atoms with Crippen LogP contribution in [0.1, 0.15) is 53.2 Å². The van der Waals surface area contributed by atoms with Crippen LogP contribution in [0, 0.1) is 12.8 Å². The van der Waals surface area contributed by atoms with Gasteiger partial charge in [-0.2, -0.15) is 0 Å². The Morgan fingerprint density at radius 1 is 1.08 bits per heavy atom. The summed E-state index contributed by atoms with van der Waals surface area (Å²) in [5, 5.41) is 5.83. The maximum atomic E-state index is 13.5. The molecule has 2 aromatic heterocycles. The number of aromatic nitrogens is 2. The maximum absolute atomic E-state index is 13.5. The van der Waals surface area contributed by atoms with Crippen LogP contribution >= 0.6 is 0 Å². The van der Waals surface area contributed by atoms with Crippen LogP contribution in [0.4, 0.5) is 0 Å². The number of primary amides is 1. The van der Waals surface area contributed by atoms with E-state index >= 15 is 0 Å². The largest absolute Gasteiger partial charge is 0.372 e. The van der Waals surface area contributed by atoms with Crippen LogP contribution in [0.3, 0.4) is 0 Å². The van der Waals surface area contributed by atoms with Crippen LogP contribution < -0.4 is 5.73 Å². The van der Waals surface area contributed by atoms with Gasteiger partial charge in [0.25, 0.3) is 11.8 Å². The Hall–Kier alpha value is -3.65. The fourth-order valence-corrected chi connectivity index (χ4v) is 5.56. The standard InChI is InChI=1S/C28H30N4O4/c1-15-12-31(13-16(2)35-15)28(34)19-6-7-21-22-8-20(24-11-30-36-17(24)3)9-23(27(29)33)26(22)32(25(21)10-19)14-18-4-5-18/h6-11,15-16,18H,4-5,12-14H2,1-3H3,(H2,29,33)/t15-,16?/m1/s1. The number of hydrogen-bond donors (Lipinski definition) is 1. The number of rotatable bonds is 5. The first-order valence-electron chi connectivity index (χ1n) is 12.6. The molecule has 1 saturated carbocycles. The first-order chi connectivity index (χ1) is 17.3. The van der Waals surface area contributed by atoms with Gasteiger partial charge in [-0.3, -0.25) is 9.59 Å². The van der Waals surface area contributed by atoms with E-state index in [1.807, 2.05) is 49.9 Å². The van der Waals surface area contributed by atoms with E-state index in [-0.39, 0.29) is 18.1 Å². The van der Waals surface area contributed by atoms with Crippen molar-refractivity contribution in [2.45, 2.75) is 52.4 Å². The lowest BCUT2D eigenvalue weighted by Crippen LogP contribution is -2.48. The second-order valence-electron chi connectivity index (χ2n) is 10.3. The zero-order valence-corrected chi connectivity index (χ0v) is 20.8. The summed E-state index contributed by atoms with van der Waals surface area (Å²) >= 11 is 0. The lowest BCUT2D eigenvalue weighted by atomic mass is 9.99. The van der Waals surface area contributed by atoms with Crippen LogP contribution in [-0.4, -0.2) is 51.7 Å². The van der Waals surface area contributed by atoms with Crippen LogP contribution in [0.25, 0.3) is 32.9 Å². The van der Waals surface area contributed by atoms with Gasteiger partial charge < -0.3 is 24.5 Å². The number of benzene rings is 2. The number of fused-ring (bicyclic) bond motifs is 3. The monoisotopic (exact) mass is 486 g/mol. The van der Waals surface area contributed by atoms with Crippen molar-refractivity contribution in [3.8, 4) is 11.1 Å². The summed E-state index contributed by atoms with van der Waals surface area (Å²) < 4.78 is 13.3. The van der Waals surface area contributed by atoms with E-state index in [4.69, 9.17) is 15.0 Å². The first kappa shape index (κ1) is 22.8. The third-order valence-corrected chi connectivity index (χ3v) is 7.38. The molecule has 1 saturated heterocycles. The molecule has 36 heavy (non-hydrogen) atoms. The third kappa shape index (κ3) is 3.86. The van der Waals surface area contributed by atoms with E-state index in [2.05, 4.69) is 15.8 Å². The molecule has 8 heteroatoms.